The molecule has 1 atom stereocenters. The topological polar surface area (TPSA) is 106 Å². The second-order valence-electron chi connectivity index (χ2n) is 7.64. The largest absolute Gasteiger partial charge is 0.507 e. The molecule has 0 aliphatic carbocycles. The molecule has 4 aromatic rings. The first-order valence-electron chi connectivity index (χ1n) is 10.7. The molecule has 1 aliphatic heterocycles. The van der Waals surface area contributed by atoms with Gasteiger partial charge in [0.05, 0.1) is 18.9 Å². The number of anilines is 1. The fourth-order valence-corrected chi connectivity index (χ4v) is 5.92. The molecule has 0 bridgehead atoms. The van der Waals surface area contributed by atoms with Crippen molar-refractivity contribution >= 4 is 57.3 Å². The van der Waals surface area contributed by atoms with Gasteiger partial charge in [0.2, 0.25) is 5.13 Å². The van der Waals surface area contributed by atoms with E-state index in [2.05, 4.69) is 10.2 Å². The number of benzene rings is 2. The summed E-state index contributed by atoms with van der Waals surface area (Å²) in [6.45, 7) is 0. The summed E-state index contributed by atoms with van der Waals surface area (Å²) >= 11 is 8.82. The number of aliphatic hydroxyl groups is 1. The summed E-state index contributed by atoms with van der Waals surface area (Å²) < 4.78 is 11.3. The van der Waals surface area contributed by atoms with E-state index in [1.165, 1.54) is 30.0 Å². The molecule has 11 heteroatoms. The predicted octanol–water partition coefficient (Wildman–Crippen LogP) is 5.71. The molecule has 8 nitrogen and oxygen atoms in total. The number of ether oxygens (including phenoxy) is 1. The SMILES string of the molecule is COc1ccc(/C(O)=C2/C(=O)C(=O)N(c3nnc(SCc4ccccc4Cl)s3)C2c2ccco2)cc1. The van der Waals surface area contributed by atoms with Crippen LogP contribution in [-0.2, 0) is 15.3 Å². The van der Waals surface area contributed by atoms with Crippen molar-refractivity contribution in [3.8, 4) is 5.75 Å². The fraction of sp³-hybridized carbons (Fsp3) is 0.120. The van der Waals surface area contributed by atoms with Gasteiger partial charge in [0.1, 0.15) is 23.3 Å². The molecule has 1 saturated heterocycles. The van der Waals surface area contributed by atoms with E-state index < -0.39 is 17.7 Å². The molecular weight excluding hydrogens is 522 g/mol. The quantitative estimate of drug-likeness (QED) is 0.105. The molecular formula is C25H18ClN3O5S2. The number of rotatable bonds is 7. The molecule has 1 fully saturated rings. The third-order valence-corrected chi connectivity index (χ3v) is 8.00. The molecule has 1 unspecified atom stereocenters. The highest BCUT2D eigenvalue weighted by Gasteiger charge is 2.49. The summed E-state index contributed by atoms with van der Waals surface area (Å²) in [7, 11) is 1.53. The second kappa shape index (κ2) is 10.2. The Morgan fingerprint density at radius 3 is 2.61 bits per heavy atom. The maximum absolute atomic E-state index is 13.2. The van der Waals surface area contributed by atoms with Gasteiger partial charge in [0.25, 0.3) is 5.78 Å². The summed E-state index contributed by atoms with van der Waals surface area (Å²) in [4.78, 5) is 27.5. The van der Waals surface area contributed by atoms with Gasteiger partial charge in [0, 0.05) is 16.3 Å². The van der Waals surface area contributed by atoms with E-state index in [4.69, 9.17) is 20.8 Å². The number of hydrogen-bond acceptors (Lipinski definition) is 9. The molecule has 36 heavy (non-hydrogen) atoms. The van der Waals surface area contributed by atoms with Crippen LogP contribution >= 0.6 is 34.7 Å². The highest BCUT2D eigenvalue weighted by molar-refractivity contribution is 8.00. The molecule has 0 saturated carbocycles. The first kappa shape index (κ1) is 24.1. The van der Waals surface area contributed by atoms with Gasteiger partial charge in [-0.25, -0.2) is 0 Å². The maximum atomic E-state index is 13.2. The predicted molar refractivity (Wildman–Crippen MR) is 137 cm³/mol. The monoisotopic (exact) mass is 539 g/mol. The number of ketones is 1. The van der Waals surface area contributed by atoms with E-state index in [1.807, 2.05) is 24.3 Å². The number of carbonyl (C=O) groups is 2. The fourth-order valence-electron chi connectivity index (χ4n) is 3.76. The lowest BCUT2D eigenvalue weighted by molar-refractivity contribution is -0.132. The van der Waals surface area contributed by atoms with Gasteiger partial charge in [-0.15, -0.1) is 10.2 Å². The average molecular weight is 540 g/mol. The van der Waals surface area contributed by atoms with Gasteiger partial charge in [-0.3, -0.25) is 14.5 Å². The summed E-state index contributed by atoms with van der Waals surface area (Å²) in [6.07, 6.45) is 1.44. The van der Waals surface area contributed by atoms with Crippen molar-refractivity contribution in [3.05, 3.63) is 94.4 Å². The molecule has 182 valence electrons. The number of hydrogen-bond donors (Lipinski definition) is 1. The zero-order chi connectivity index (χ0) is 25.2. The Balaban J connectivity index is 1.50. The molecule has 2 aromatic heterocycles. The van der Waals surface area contributed by atoms with E-state index in [9.17, 15) is 14.7 Å². The number of carbonyl (C=O) groups excluding carboxylic acids is 2. The van der Waals surface area contributed by atoms with Crippen LogP contribution in [0.2, 0.25) is 5.02 Å². The van der Waals surface area contributed by atoms with Crippen LogP contribution in [0.15, 0.2) is 81.3 Å². The standard InChI is InChI=1S/C25H18ClN3O5S2/c1-33-16-10-8-14(9-11-16)21(30)19-20(18-7-4-12-34-18)29(23(32)22(19)31)24-27-28-25(36-24)35-13-15-5-2-3-6-17(15)26/h2-12,20,30H,13H2,1H3/b21-19-. The number of nitrogens with zero attached hydrogens (tertiary/aromatic N) is 3. The van der Waals surface area contributed by atoms with Crippen LogP contribution in [0.5, 0.6) is 5.75 Å². The molecule has 2 aromatic carbocycles. The first-order chi connectivity index (χ1) is 17.5. The lowest BCUT2D eigenvalue weighted by Gasteiger charge is -2.20. The van der Waals surface area contributed by atoms with Crippen LogP contribution < -0.4 is 9.64 Å². The zero-order valence-corrected chi connectivity index (χ0v) is 21.1. The van der Waals surface area contributed by atoms with E-state index in [0.717, 1.165) is 16.9 Å². The Kier molecular flexibility index (Phi) is 6.82. The summed E-state index contributed by atoms with van der Waals surface area (Å²) in [5.74, 6) is -0.533. The third-order valence-electron chi connectivity index (χ3n) is 5.53. The van der Waals surface area contributed by atoms with E-state index in [0.29, 0.717) is 32.2 Å². The zero-order valence-electron chi connectivity index (χ0n) is 18.8. The number of amides is 1. The Bertz CT molecular complexity index is 1450. The van der Waals surface area contributed by atoms with Crippen molar-refractivity contribution in [2.45, 2.75) is 16.1 Å². The van der Waals surface area contributed by atoms with Crippen LogP contribution in [0.25, 0.3) is 5.76 Å². The first-order valence-corrected chi connectivity index (χ1v) is 12.8. The number of halogens is 1. The van der Waals surface area contributed by atoms with Crippen molar-refractivity contribution in [2.24, 2.45) is 0 Å². The van der Waals surface area contributed by atoms with Crippen molar-refractivity contribution < 1.29 is 23.8 Å². The second-order valence-corrected chi connectivity index (χ2v) is 10.2. The van der Waals surface area contributed by atoms with Crippen molar-refractivity contribution in [2.75, 3.05) is 12.0 Å². The number of methoxy groups -OCH3 is 1. The van der Waals surface area contributed by atoms with Gasteiger partial charge >= 0.3 is 5.91 Å². The normalized spacial score (nSPS) is 17.1. The highest BCUT2D eigenvalue weighted by atomic mass is 35.5. The lowest BCUT2D eigenvalue weighted by Crippen LogP contribution is -2.29. The Hall–Kier alpha value is -3.60. The average Bonchev–Trinajstić information content (AvgIpc) is 3.64. The minimum Gasteiger partial charge on any atom is -0.507 e. The smallest absolute Gasteiger partial charge is 0.302 e. The van der Waals surface area contributed by atoms with Crippen LogP contribution in [0.4, 0.5) is 5.13 Å². The molecule has 3 heterocycles. The Morgan fingerprint density at radius 1 is 1.14 bits per heavy atom. The highest BCUT2D eigenvalue weighted by Crippen LogP contribution is 2.44. The van der Waals surface area contributed by atoms with E-state index >= 15 is 0 Å². The van der Waals surface area contributed by atoms with Crippen LogP contribution in [-0.4, -0.2) is 34.1 Å². The van der Waals surface area contributed by atoms with Gasteiger partial charge in [0.15, 0.2) is 4.34 Å². The van der Waals surface area contributed by atoms with E-state index in [1.54, 1.807) is 36.4 Å². The van der Waals surface area contributed by atoms with Gasteiger partial charge in [-0.05, 0) is 48.0 Å². The van der Waals surface area contributed by atoms with Crippen molar-refractivity contribution in [3.63, 3.8) is 0 Å². The number of aliphatic hydroxyl groups excluding tert-OH is 1. The molecule has 0 radical (unpaired) electrons. The number of furan rings is 1. The van der Waals surface area contributed by atoms with Crippen LogP contribution in [0.3, 0.4) is 0 Å². The molecule has 0 spiro atoms. The number of thioether (sulfide) groups is 1. The molecule has 1 aliphatic rings. The number of aromatic nitrogens is 2. The lowest BCUT2D eigenvalue weighted by atomic mass is 9.99. The van der Waals surface area contributed by atoms with Gasteiger partial charge in [-0.2, -0.15) is 0 Å². The number of Topliss-reactive ketones (excluding diaryl/α,β-unsaturated/α-hetero) is 1. The van der Waals surface area contributed by atoms with Gasteiger partial charge < -0.3 is 14.3 Å². The van der Waals surface area contributed by atoms with Crippen LogP contribution in [0.1, 0.15) is 22.9 Å². The van der Waals surface area contributed by atoms with E-state index in [-0.39, 0.29) is 16.5 Å². The molecule has 5 rings (SSSR count). The van der Waals surface area contributed by atoms with Crippen molar-refractivity contribution in [1.29, 1.82) is 0 Å². The molecule has 1 amide bonds. The minimum absolute atomic E-state index is 0.0967. The molecule has 1 N–H and O–H groups in total. The maximum Gasteiger partial charge on any atom is 0.302 e. The van der Waals surface area contributed by atoms with Crippen LogP contribution in [0, 0.1) is 0 Å². The van der Waals surface area contributed by atoms with Gasteiger partial charge in [-0.1, -0.05) is 52.9 Å². The van der Waals surface area contributed by atoms with Crippen molar-refractivity contribution in [1.82, 2.24) is 10.2 Å². The summed E-state index contributed by atoms with van der Waals surface area (Å²) in [5, 5.41) is 20.3. The Morgan fingerprint density at radius 2 is 1.92 bits per heavy atom. The Labute approximate surface area is 219 Å². The third kappa shape index (κ3) is 4.50. The summed E-state index contributed by atoms with van der Waals surface area (Å²) in [5.41, 5.74) is 1.20. The minimum atomic E-state index is -1.00. The summed E-state index contributed by atoms with van der Waals surface area (Å²) in [6, 6.07) is 16.3.